The molecule has 1 aliphatic heterocycles. The van der Waals surface area contributed by atoms with Gasteiger partial charge >= 0.3 is 5.69 Å². The molecule has 0 unspecified atom stereocenters. The van der Waals surface area contributed by atoms with Crippen LogP contribution in [0, 0.1) is 11.8 Å². The number of aromatic amines is 1. The molecule has 0 saturated carbocycles. The molecule has 2 N–H and O–H groups in total. The number of amides is 1. The number of carbonyl (C=O) groups is 1. The lowest BCUT2D eigenvalue weighted by molar-refractivity contribution is 0.0957. The fourth-order valence-electron chi connectivity index (χ4n) is 4.05. The van der Waals surface area contributed by atoms with Crippen LogP contribution in [0.15, 0.2) is 33.9 Å². The Morgan fingerprint density at radius 3 is 2.48 bits per heavy atom. The first-order chi connectivity index (χ1) is 15.8. The molecule has 0 aliphatic carbocycles. The van der Waals surface area contributed by atoms with E-state index in [1.54, 1.807) is 13.0 Å². The Morgan fingerprint density at radius 1 is 1.12 bits per heavy atom. The predicted octanol–water partition coefficient (Wildman–Crippen LogP) is 1.06. The summed E-state index contributed by atoms with van der Waals surface area (Å²) < 4.78 is 30.6. The summed E-state index contributed by atoms with van der Waals surface area (Å²) in [6.07, 6.45) is 0. The van der Waals surface area contributed by atoms with E-state index < -0.39 is 28.9 Å². The highest BCUT2D eigenvalue weighted by Gasteiger charge is 2.23. The van der Waals surface area contributed by atoms with Gasteiger partial charge in [-0.05, 0) is 25.1 Å². The van der Waals surface area contributed by atoms with Crippen molar-refractivity contribution < 1.29 is 13.6 Å². The van der Waals surface area contributed by atoms with Gasteiger partial charge in [-0.2, -0.15) is 4.39 Å². The van der Waals surface area contributed by atoms with E-state index in [4.69, 9.17) is 0 Å². The van der Waals surface area contributed by atoms with Gasteiger partial charge in [0, 0.05) is 51.9 Å². The van der Waals surface area contributed by atoms with Crippen LogP contribution >= 0.6 is 0 Å². The van der Waals surface area contributed by atoms with Crippen LogP contribution in [0.2, 0.25) is 0 Å². The molecule has 0 spiro atoms. The van der Waals surface area contributed by atoms with Crippen LogP contribution in [0.5, 0.6) is 0 Å². The Balaban J connectivity index is 1.48. The van der Waals surface area contributed by atoms with Crippen LogP contribution in [0.1, 0.15) is 23.0 Å². The average Bonchev–Trinajstić information content (AvgIpc) is 2.81. The molecular weight excluding hydrogens is 434 g/mol. The zero-order chi connectivity index (χ0) is 23.7. The number of halogens is 2. The highest BCUT2D eigenvalue weighted by molar-refractivity contribution is 5.92. The second-order valence-corrected chi connectivity index (χ2v) is 7.79. The van der Waals surface area contributed by atoms with Crippen LogP contribution in [-0.4, -0.2) is 58.6 Å². The van der Waals surface area contributed by atoms with Gasteiger partial charge < -0.3 is 15.2 Å². The van der Waals surface area contributed by atoms with Gasteiger partial charge in [-0.25, -0.2) is 14.2 Å². The van der Waals surface area contributed by atoms with Crippen LogP contribution in [0.25, 0.3) is 10.9 Å². The Kier molecular flexibility index (Phi) is 6.23. The molecule has 1 saturated heterocycles. The Labute approximate surface area is 187 Å². The fraction of sp³-hybridized carbons (Fsp3) is 0.364. The topological polar surface area (TPSA) is 103 Å². The minimum absolute atomic E-state index is 0.00732. The molecule has 11 heteroatoms. The summed E-state index contributed by atoms with van der Waals surface area (Å²) in [4.78, 5) is 46.2. The third-order valence-electron chi connectivity index (χ3n) is 5.89. The molecule has 1 fully saturated rings. The molecule has 9 nitrogen and oxygen atoms in total. The van der Waals surface area contributed by atoms with E-state index in [2.05, 4.69) is 15.3 Å². The molecule has 2 aromatic heterocycles. The summed E-state index contributed by atoms with van der Waals surface area (Å²) in [5.41, 5.74) is -0.568. The monoisotopic (exact) mass is 458 g/mol. The fourth-order valence-corrected chi connectivity index (χ4v) is 4.05. The summed E-state index contributed by atoms with van der Waals surface area (Å²) in [5.74, 6) is -1.79. The molecular formula is C22H24F2N6O3. The lowest BCUT2D eigenvalue weighted by Gasteiger charge is -2.36. The van der Waals surface area contributed by atoms with Crippen molar-refractivity contribution >= 4 is 22.5 Å². The number of hydrogen-bond donors (Lipinski definition) is 2. The van der Waals surface area contributed by atoms with Crippen molar-refractivity contribution in [1.82, 2.24) is 24.8 Å². The largest absolute Gasteiger partial charge is 0.365 e. The number of fused-ring (bicyclic) bond motifs is 1. The molecule has 1 aromatic carbocycles. The molecule has 0 bridgehead atoms. The molecule has 0 radical (unpaired) electrons. The van der Waals surface area contributed by atoms with E-state index in [0.717, 1.165) is 4.57 Å². The van der Waals surface area contributed by atoms with Gasteiger partial charge in [-0.3, -0.25) is 19.1 Å². The van der Waals surface area contributed by atoms with Gasteiger partial charge in [0.1, 0.15) is 5.69 Å². The van der Waals surface area contributed by atoms with Crippen molar-refractivity contribution in [2.45, 2.75) is 20.0 Å². The van der Waals surface area contributed by atoms with Gasteiger partial charge in [0.05, 0.1) is 16.6 Å². The lowest BCUT2D eigenvalue weighted by atomic mass is 10.1. The number of rotatable bonds is 5. The third kappa shape index (κ3) is 4.23. The van der Waals surface area contributed by atoms with E-state index >= 15 is 4.39 Å². The van der Waals surface area contributed by atoms with Gasteiger partial charge in [-0.1, -0.05) is 6.07 Å². The number of H-pyrrole nitrogens is 1. The van der Waals surface area contributed by atoms with E-state index in [-0.39, 0.29) is 29.7 Å². The maximum atomic E-state index is 15.1. The minimum Gasteiger partial charge on any atom is -0.365 e. The standard InChI is InChI=1S/C22H24F2N6O3/c1-3-30-21(32)14-5-4-13(17(23)18(14)27-22(30)33)12-28-8-10-29(11-9-28)16-7-6-15(20(31)25-2)26-19(16)24/h4-7H,3,8-12H2,1-2H3,(H,25,31)(H,27,33). The van der Waals surface area contributed by atoms with Crippen molar-refractivity contribution in [3.63, 3.8) is 0 Å². The SMILES string of the molecule is CCn1c(=O)[nH]c2c(F)c(CN3CCN(c4ccc(C(=O)NC)nc4F)CC3)ccc2c1=O. The number of nitrogens with zero attached hydrogens (tertiary/aromatic N) is 4. The van der Waals surface area contributed by atoms with Crippen molar-refractivity contribution in [1.29, 1.82) is 0 Å². The van der Waals surface area contributed by atoms with Crippen LogP contribution < -0.4 is 21.5 Å². The summed E-state index contributed by atoms with van der Waals surface area (Å²) in [7, 11) is 1.45. The van der Waals surface area contributed by atoms with Crippen molar-refractivity contribution in [2.75, 3.05) is 38.1 Å². The Bertz CT molecular complexity index is 1330. The number of hydrogen-bond acceptors (Lipinski definition) is 6. The molecule has 3 heterocycles. The number of benzene rings is 1. The normalized spacial score (nSPS) is 14.6. The smallest absolute Gasteiger partial charge is 0.328 e. The number of carbonyl (C=O) groups excluding carboxylic acids is 1. The first-order valence-corrected chi connectivity index (χ1v) is 10.6. The average molecular weight is 458 g/mol. The Morgan fingerprint density at radius 2 is 1.85 bits per heavy atom. The summed E-state index contributed by atoms with van der Waals surface area (Å²) in [6.45, 7) is 4.22. The quantitative estimate of drug-likeness (QED) is 0.555. The molecule has 174 valence electrons. The highest BCUT2D eigenvalue weighted by atomic mass is 19.1. The maximum Gasteiger partial charge on any atom is 0.328 e. The van der Waals surface area contributed by atoms with E-state index in [1.165, 1.54) is 25.2 Å². The predicted molar refractivity (Wildman–Crippen MR) is 120 cm³/mol. The first-order valence-electron chi connectivity index (χ1n) is 10.6. The second kappa shape index (κ2) is 9.10. The molecule has 1 amide bonds. The van der Waals surface area contributed by atoms with Crippen molar-refractivity contribution in [3.8, 4) is 0 Å². The number of anilines is 1. The summed E-state index contributed by atoms with van der Waals surface area (Å²) >= 11 is 0. The molecule has 3 aromatic rings. The zero-order valence-electron chi connectivity index (χ0n) is 18.3. The van der Waals surface area contributed by atoms with E-state index in [9.17, 15) is 18.8 Å². The highest BCUT2D eigenvalue weighted by Crippen LogP contribution is 2.22. The van der Waals surface area contributed by atoms with Crippen molar-refractivity contribution in [3.05, 3.63) is 68.1 Å². The van der Waals surface area contributed by atoms with Gasteiger partial charge in [0.2, 0.25) is 5.95 Å². The minimum atomic E-state index is -0.716. The molecule has 0 atom stereocenters. The summed E-state index contributed by atoms with van der Waals surface area (Å²) in [6, 6.07) is 6.10. The number of pyridine rings is 1. The van der Waals surface area contributed by atoms with E-state index in [0.29, 0.717) is 37.4 Å². The van der Waals surface area contributed by atoms with Gasteiger partial charge in [0.25, 0.3) is 11.5 Å². The zero-order valence-corrected chi connectivity index (χ0v) is 18.3. The maximum absolute atomic E-state index is 15.1. The van der Waals surface area contributed by atoms with Gasteiger partial charge in [0.15, 0.2) is 5.82 Å². The van der Waals surface area contributed by atoms with E-state index in [1.807, 2.05) is 9.80 Å². The van der Waals surface area contributed by atoms with Crippen LogP contribution in [-0.2, 0) is 13.1 Å². The van der Waals surface area contributed by atoms with Gasteiger partial charge in [-0.15, -0.1) is 0 Å². The molecule has 1 aliphatic rings. The number of nitrogens with one attached hydrogen (secondary N) is 2. The molecule has 33 heavy (non-hydrogen) atoms. The summed E-state index contributed by atoms with van der Waals surface area (Å²) in [5, 5.41) is 2.54. The number of piperazine rings is 1. The molecule has 4 rings (SSSR count). The Hall–Kier alpha value is -3.60. The van der Waals surface area contributed by atoms with Crippen LogP contribution in [0.3, 0.4) is 0 Å². The third-order valence-corrected chi connectivity index (χ3v) is 5.89. The lowest BCUT2D eigenvalue weighted by Crippen LogP contribution is -2.46. The van der Waals surface area contributed by atoms with Crippen LogP contribution in [0.4, 0.5) is 14.5 Å². The number of aromatic nitrogens is 3. The van der Waals surface area contributed by atoms with Crippen molar-refractivity contribution in [2.24, 2.45) is 0 Å². The first kappa shape index (κ1) is 22.6. The second-order valence-electron chi connectivity index (χ2n) is 7.79.